The number of carboxylic acid groups (broad SMARTS) is 1. The van der Waals surface area contributed by atoms with Gasteiger partial charge in [0.2, 0.25) is 0 Å². The van der Waals surface area contributed by atoms with Crippen molar-refractivity contribution >= 4 is 17.7 Å². The first kappa shape index (κ1) is 11.0. The summed E-state index contributed by atoms with van der Waals surface area (Å²) >= 11 is 0.920. The molecule has 1 aromatic rings. The molecule has 0 radical (unpaired) electrons. The number of benzene rings is 1. The Morgan fingerprint density at radius 3 is 2.64 bits per heavy atom. The fraction of sp³-hybridized carbons (Fsp3) is 0.222. The zero-order chi connectivity index (χ0) is 10.7. The highest BCUT2D eigenvalue weighted by Crippen LogP contribution is 2.25. The van der Waals surface area contributed by atoms with Gasteiger partial charge in [-0.2, -0.15) is 0 Å². The molecule has 0 aliphatic heterocycles. The highest BCUT2D eigenvalue weighted by atomic mass is 32.2. The third-order valence-electron chi connectivity index (χ3n) is 1.67. The molecule has 0 spiro atoms. The molecule has 0 saturated heterocycles. The predicted molar refractivity (Wildman–Crippen MR) is 49.5 cm³/mol. The molecule has 0 atom stereocenters. The topological polar surface area (TPSA) is 37.3 Å². The van der Waals surface area contributed by atoms with Gasteiger partial charge in [-0.05, 0) is 12.3 Å². The van der Waals surface area contributed by atoms with Gasteiger partial charge in [-0.15, -0.1) is 11.8 Å². The van der Waals surface area contributed by atoms with Gasteiger partial charge < -0.3 is 5.11 Å². The van der Waals surface area contributed by atoms with Crippen LogP contribution in [-0.4, -0.2) is 17.3 Å². The van der Waals surface area contributed by atoms with Crippen LogP contribution in [0.4, 0.5) is 8.78 Å². The summed E-state index contributed by atoms with van der Waals surface area (Å²) in [6.45, 7) is 0. The van der Waals surface area contributed by atoms with Gasteiger partial charge in [0.25, 0.3) is 0 Å². The normalized spacial score (nSPS) is 10.2. The average Bonchev–Trinajstić information content (AvgIpc) is 2.10. The van der Waals surface area contributed by atoms with E-state index in [0.29, 0.717) is 0 Å². The van der Waals surface area contributed by atoms with Gasteiger partial charge in [0, 0.05) is 5.56 Å². The van der Waals surface area contributed by atoms with Crippen LogP contribution in [0.1, 0.15) is 5.56 Å². The van der Waals surface area contributed by atoms with E-state index in [1.54, 1.807) is 0 Å². The summed E-state index contributed by atoms with van der Waals surface area (Å²) in [5.74, 6) is -2.58. The van der Waals surface area contributed by atoms with Crippen molar-refractivity contribution in [1.29, 1.82) is 0 Å². The van der Waals surface area contributed by atoms with Crippen molar-refractivity contribution in [2.24, 2.45) is 0 Å². The fourth-order valence-electron chi connectivity index (χ4n) is 1.06. The van der Waals surface area contributed by atoms with Crippen molar-refractivity contribution in [2.75, 3.05) is 6.26 Å². The van der Waals surface area contributed by atoms with E-state index in [1.807, 2.05) is 0 Å². The van der Waals surface area contributed by atoms with Gasteiger partial charge in [-0.25, -0.2) is 8.78 Å². The number of rotatable bonds is 3. The molecule has 1 rings (SSSR count). The Morgan fingerprint density at radius 1 is 1.50 bits per heavy atom. The van der Waals surface area contributed by atoms with E-state index in [-0.39, 0.29) is 10.5 Å². The van der Waals surface area contributed by atoms with Crippen molar-refractivity contribution in [3.8, 4) is 0 Å². The lowest BCUT2D eigenvalue weighted by atomic mass is 10.1. The van der Waals surface area contributed by atoms with Crippen LogP contribution in [0.3, 0.4) is 0 Å². The molecule has 76 valence electrons. The molecular weight excluding hydrogens is 210 g/mol. The number of halogens is 2. The number of carboxylic acids is 1. The monoisotopic (exact) mass is 218 g/mol. The first-order valence-electron chi connectivity index (χ1n) is 3.79. The van der Waals surface area contributed by atoms with Crippen LogP contribution in [0.5, 0.6) is 0 Å². The van der Waals surface area contributed by atoms with E-state index in [1.165, 1.54) is 6.26 Å². The molecular formula is C9H8F2O2S. The number of thioether (sulfide) groups is 1. The first-order chi connectivity index (χ1) is 6.56. The summed E-state index contributed by atoms with van der Waals surface area (Å²) in [4.78, 5) is 10.2. The van der Waals surface area contributed by atoms with Gasteiger partial charge in [-0.3, -0.25) is 4.79 Å². The minimum absolute atomic E-state index is 0.00301. The molecule has 5 heteroatoms. The molecule has 1 N–H and O–H groups in total. The second-order valence-corrected chi connectivity index (χ2v) is 3.44. The van der Waals surface area contributed by atoms with Crippen molar-refractivity contribution < 1.29 is 18.7 Å². The van der Waals surface area contributed by atoms with Crippen molar-refractivity contribution in [3.63, 3.8) is 0 Å². The second kappa shape index (κ2) is 4.41. The van der Waals surface area contributed by atoms with E-state index < -0.39 is 24.0 Å². The molecule has 0 amide bonds. The van der Waals surface area contributed by atoms with Crippen molar-refractivity contribution in [3.05, 3.63) is 29.3 Å². The molecule has 0 aliphatic rings. The molecule has 0 bridgehead atoms. The van der Waals surface area contributed by atoms with E-state index in [2.05, 4.69) is 0 Å². The molecule has 0 unspecified atom stereocenters. The average molecular weight is 218 g/mol. The van der Waals surface area contributed by atoms with E-state index >= 15 is 0 Å². The lowest BCUT2D eigenvalue weighted by Gasteiger charge is -2.05. The lowest BCUT2D eigenvalue weighted by Crippen LogP contribution is -2.04. The molecule has 0 aromatic heterocycles. The summed E-state index contributed by atoms with van der Waals surface area (Å²) in [7, 11) is 0. The summed E-state index contributed by atoms with van der Waals surface area (Å²) in [6, 6.07) is 2.23. The predicted octanol–water partition coefficient (Wildman–Crippen LogP) is 2.31. The Balaban J connectivity index is 3.14. The summed E-state index contributed by atoms with van der Waals surface area (Å²) in [5, 5.41) is 8.46. The highest BCUT2D eigenvalue weighted by molar-refractivity contribution is 7.98. The quantitative estimate of drug-likeness (QED) is 0.791. The lowest BCUT2D eigenvalue weighted by molar-refractivity contribution is -0.136. The van der Waals surface area contributed by atoms with Gasteiger partial charge >= 0.3 is 5.97 Å². The Morgan fingerprint density at radius 2 is 2.14 bits per heavy atom. The van der Waals surface area contributed by atoms with Crippen LogP contribution < -0.4 is 0 Å². The zero-order valence-electron chi connectivity index (χ0n) is 7.38. The van der Waals surface area contributed by atoms with E-state index in [9.17, 15) is 13.6 Å². The molecule has 0 fully saturated rings. The van der Waals surface area contributed by atoms with Crippen LogP contribution >= 0.6 is 11.8 Å². The maximum Gasteiger partial charge on any atom is 0.307 e. The summed E-state index contributed by atoms with van der Waals surface area (Å²) < 4.78 is 26.3. The second-order valence-electron chi connectivity index (χ2n) is 2.62. The van der Waals surface area contributed by atoms with Crippen LogP contribution in [-0.2, 0) is 11.2 Å². The van der Waals surface area contributed by atoms with Crippen LogP contribution in [0.25, 0.3) is 0 Å². The Bertz CT molecular complexity index is 366. The molecule has 0 aliphatic carbocycles. The van der Waals surface area contributed by atoms with Crippen molar-refractivity contribution in [2.45, 2.75) is 11.3 Å². The van der Waals surface area contributed by atoms with Gasteiger partial charge in [0.1, 0.15) is 11.6 Å². The first-order valence-corrected chi connectivity index (χ1v) is 5.01. The highest BCUT2D eigenvalue weighted by Gasteiger charge is 2.14. The van der Waals surface area contributed by atoms with E-state index in [0.717, 1.165) is 23.9 Å². The Labute approximate surface area is 83.9 Å². The molecule has 1 aromatic carbocycles. The fourth-order valence-corrected chi connectivity index (χ4v) is 1.63. The number of hydrogen-bond acceptors (Lipinski definition) is 2. The minimum Gasteiger partial charge on any atom is -0.481 e. The van der Waals surface area contributed by atoms with Crippen LogP contribution in [0.2, 0.25) is 0 Å². The Kier molecular flexibility index (Phi) is 3.46. The molecule has 0 heterocycles. The van der Waals surface area contributed by atoms with E-state index in [4.69, 9.17) is 5.11 Å². The molecule has 2 nitrogen and oxygen atoms in total. The molecule has 0 saturated carbocycles. The van der Waals surface area contributed by atoms with Gasteiger partial charge in [-0.1, -0.05) is 6.07 Å². The van der Waals surface area contributed by atoms with Crippen molar-refractivity contribution in [1.82, 2.24) is 0 Å². The zero-order valence-corrected chi connectivity index (χ0v) is 8.20. The molecule has 14 heavy (non-hydrogen) atoms. The third-order valence-corrected chi connectivity index (χ3v) is 2.46. The SMILES string of the molecule is CSc1c(F)ccc(CC(=O)O)c1F. The largest absolute Gasteiger partial charge is 0.481 e. The number of aliphatic carboxylic acids is 1. The standard InChI is InChI=1S/C9H8F2O2S/c1-14-9-6(10)3-2-5(8(9)11)4-7(12)13/h2-3H,4H2,1H3,(H,12,13). The van der Waals surface area contributed by atoms with Crippen LogP contribution in [0.15, 0.2) is 17.0 Å². The summed E-state index contributed by atoms with van der Waals surface area (Å²) in [5.41, 5.74) is 0.00301. The number of hydrogen-bond donors (Lipinski definition) is 1. The number of carbonyl (C=O) groups is 1. The summed E-state index contributed by atoms with van der Waals surface area (Å²) in [6.07, 6.45) is 1.10. The third kappa shape index (κ3) is 2.23. The minimum atomic E-state index is -1.14. The van der Waals surface area contributed by atoms with Crippen LogP contribution in [0, 0.1) is 11.6 Å². The maximum atomic E-state index is 13.4. The maximum absolute atomic E-state index is 13.4. The van der Waals surface area contributed by atoms with Gasteiger partial charge in [0.15, 0.2) is 0 Å². The Hall–Kier alpha value is -1.10. The van der Waals surface area contributed by atoms with Gasteiger partial charge in [0.05, 0.1) is 11.3 Å². The smallest absolute Gasteiger partial charge is 0.307 e.